The highest BCUT2D eigenvalue weighted by atomic mass is 32.2. The maximum atomic E-state index is 6.10. The minimum Gasteiger partial charge on any atom is -0.494 e. The van der Waals surface area contributed by atoms with E-state index in [9.17, 15) is 0 Å². The lowest BCUT2D eigenvalue weighted by Gasteiger charge is -2.15. The second-order valence-electron chi connectivity index (χ2n) is 7.42. The van der Waals surface area contributed by atoms with Gasteiger partial charge in [-0.15, -0.1) is 0 Å². The summed E-state index contributed by atoms with van der Waals surface area (Å²) >= 11 is 3.95. The summed E-state index contributed by atoms with van der Waals surface area (Å²) in [7, 11) is 0. The number of rotatable bonds is 0. The predicted octanol–water partition coefficient (Wildman–Crippen LogP) is 6.59. The minimum absolute atomic E-state index is 0.826. The van der Waals surface area contributed by atoms with Gasteiger partial charge in [0.25, 0.3) is 0 Å². The molecule has 2 aromatic carbocycles. The normalized spacial score (nSPS) is 18.5. The van der Waals surface area contributed by atoms with Crippen LogP contribution in [0.3, 0.4) is 0 Å². The molecule has 6 bridgehead atoms. The lowest BCUT2D eigenvalue weighted by atomic mass is 10.1. The average Bonchev–Trinajstić information content (AvgIpc) is 2.65. The van der Waals surface area contributed by atoms with Gasteiger partial charge in [-0.3, -0.25) is 0 Å². The summed E-state index contributed by atoms with van der Waals surface area (Å²) in [5.41, 5.74) is 5.51. The fraction of sp³-hybridized carbons (Fsp3) is 0.478. The second-order valence-corrected chi connectivity index (χ2v) is 9.39. The third kappa shape index (κ3) is 5.86. The van der Waals surface area contributed by atoms with Crippen molar-refractivity contribution in [3.05, 3.63) is 58.7 Å². The van der Waals surface area contributed by atoms with Gasteiger partial charge in [-0.1, -0.05) is 31.4 Å². The summed E-state index contributed by atoms with van der Waals surface area (Å²) in [6.45, 7) is 1.65. The van der Waals surface area contributed by atoms with E-state index in [1.54, 1.807) is 0 Å². The fourth-order valence-electron chi connectivity index (χ4n) is 3.65. The van der Waals surface area contributed by atoms with Crippen molar-refractivity contribution in [3.63, 3.8) is 0 Å². The Hall–Kier alpha value is -1.26. The van der Waals surface area contributed by atoms with Gasteiger partial charge in [0.15, 0.2) is 0 Å². The van der Waals surface area contributed by atoms with E-state index in [1.807, 2.05) is 23.5 Å². The Balaban J connectivity index is 1.61. The van der Waals surface area contributed by atoms with E-state index in [4.69, 9.17) is 9.47 Å². The van der Waals surface area contributed by atoms with Crippen LogP contribution in [0, 0.1) is 0 Å². The molecule has 0 radical (unpaired) electrons. The summed E-state index contributed by atoms with van der Waals surface area (Å²) < 4.78 is 12.2. The third-order valence-electron chi connectivity index (χ3n) is 4.95. The highest BCUT2D eigenvalue weighted by molar-refractivity contribution is 7.98. The Labute approximate surface area is 171 Å². The summed E-state index contributed by atoms with van der Waals surface area (Å²) in [5.74, 6) is 6.20. The summed E-state index contributed by atoms with van der Waals surface area (Å²) in [6.07, 6.45) is 6.00. The molecular weight excluding hydrogens is 372 g/mol. The van der Waals surface area contributed by atoms with Gasteiger partial charge in [0.1, 0.15) is 11.5 Å². The van der Waals surface area contributed by atoms with E-state index >= 15 is 0 Å². The molecule has 0 spiro atoms. The highest BCUT2D eigenvalue weighted by Crippen LogP contribution is 2.30. The molecule has 3 aliphatic rings. The predicted molar refractivity (Wildman–Crippen MR) is 117 cm³/mol. The first kappa shape index (κ1) is 19.1. The van der Waals surface area contributed by atoms with Gasteiger partial charge in [-0.2, -0.15) is 23.5 Å². The van der Waals surface area contributed by atoms with Crippen LogP contribution in [0.1, 0.15) is 54.4 Å². The Morgan fingerprint density at radius 2 is 0.852 bits per heavy atom. The molecule has 144 valence electrons. The van der Waals surface area contributed by atoms with Gasteiger partial charge >= 0.3 is 0 Å². The number of fused-ring (bicyclic) bond motifs is 12. The first-order valence-electron chi connectivity index (χ1n) is 10.0. The molecule has 0 saturated carbocycles. The van der Waals surface area contributed by atoms with Crippen LogP contribution in [-0.4, -0.2) is 13.2 Å². The monoisotopic (exact) mass is 400 g/mol. The Kier molecular flexibility index (Phi) is 6.92. The molecule has 0 N–H and O–H groups in total. The smallest absolute Gasteiger partial charge is 0.119 e. The highest BCUT2D eigenvalue weighted by Gasteiger charge is 2.09. The number of hydrogen-bond donors (Lipinski definition) is 0. The zero-order chi connectivity index (χ0) is 18.3. The van der Waals surface area contributed by atoms with Crippen molar-refractivity contribution in [1.82, 2.24) is 0 Å². The van der Waals surface area contributed by atoms with Crippen LogP contribution in [0.25, 0.3) is 0 Å². The van der Waals surface area contributed by atoms with Gasteiger partial charge in [0, 0.05) is 23.0 Å². The molecule has 0 amide bonds. The zero-order valence-electron chi connectivity index (χ0n) is 15.9. The van der Waals surface area contributed by atoms with E-state index < -0.39 is 0 Å². The Bertz CT molecular complexity index is 652. The topological polar surface area (TPSA) is 18.5 Å². The molecule has 5 rings (SSSR count). The van der Waals surface area contributed by atoms with Gasteiger partial charge in [-0.05, 0) is 59.4 Å². The molecule has 4 heteroatoms. The SMILES string of the molecule is c1c2cc3cc1CSCc1cc(cc(c1)OCCCCCCCO3)CSC2. The standard InChI is InChI=1S/C23H28O2S2/c1-2-4-6-24-22-10-18-8-19(11-22)15-27-17-21-9-20(16-26-14-18)12-23(13-21)25-7-5-3-1/h8-13H,1-7,14-17H2. The molecule has 2 nitrogen and oxygen atoms in total. The zero-order valence-corrected chi connectivity index (χ0v) is 17.5. The first-order valence-corrected chi connectivity index (χ1v) is 12.3. The average molecular weight is 401 g/mol. The van der Waals surface area contributed by atoms with Crippen molar-refractivity contribution in [1.29, 1.82) is 0 Å². The molecule has 0 aliphatic carbocycles. The number of thioether (sulfide) groups is 2. The van der Waals surface area contributed by atoms with Crippen molar-refractivity contribution < 1.29 is 9.47 Å². The molecule has 0 fully saturated rings. The molecule has 2 aromatic rings. The minimum atomic E-state index is 0.826. The molecular formula is C23H28O2S2. The largest absolute Gasteiger partial charge is 0.494 e. The summed E-state index contributed by atoms with van der Waals surface area (Å²) in [4.78, 5) is 0. The van der Waals surface area contributed by atoms with E-state index in [0.717, 1.165) is 60.6 Å². The lowest BCUT2D eigenvalue weighted by molar-refractivity contribution is 0.293. The van der Waals surface area contributed by atoms with Crippen molar-refractivity contribution in [2.75, 3.05) is 13.2 Å². The Morgan fingerprint density at radius 1 is 0.481 bits per heavy atom. The van der Waals surface area contributed by atoms with Gasteiger partial charge < -0.3 is 9.47 Å². The summed E-state index contributed by atoms with van der Waals surface area (Å²) in [5, 5.41) is 0. The van der Waals surface area contributed by atoms with Crippen LogP contribution >= 0.6 is 23.5 Å². The third-order valence-corrected chi connectivity index (χ3v) is 7.10. The molecule has 3 aliphatic heterocycles. The lowest BCUT2D eigenvalue weighted by Crippen LogP contribution is -2.02. The molecule has 0 aromatic heterocycles. The van der Waals surface area contributed by atoms with E-state index in [1.165, 1.54) is 41.5 Å². The van der Waals surface area contributed by atoms with Crippen LogP contribution in [-0.2, 0) is 23.0 Å². The van der Waals surface area contributed by atoms with Crippen molar-refractivity contribution in [3.8, 4) is 11.5 Å². The van der Waals surface area contributed by atoms with Crippen molar-refractivity contribution >= 4 is 23.5 Å². The van der Waals surface area contributed by atoms with Crippen LogP contribution < -0.4 is 9.47 Å². The number of benzene rings is 2. The van der Waals surface area contributed by atoms with E-state index in [2.05, 4.69) is 36.4 Å². The molecule has 0 atom stereocenters. The fourth-order valence-corrected chi connectivity index (χ4v) is 5.46. The number of ether oxygens (including phenoxy) is 2. The quantitative estimate of drug-likeness (QED) is 0.496. The molecule has 3 heterocycles. The van der Waals surface area contributed by atoms with Crippen LogP contribution in [0.4, 0.5) is 0 Å². The maximum absolute atomic E-state index is 6.10. The molecule has 0 unspecified atom stereocenters. The van der Waals surface area contributed by atoms with E-state index in [0.29, 0.717) is 0 Å². The summed E-state index contributed by atoms with van der Waals surface area (Å²) in [6, 6.07) is 13.7. The maximum Gasteiger partial charge on any atom is 0.119 e. The van der Waals surface area contributed by atoms with Crippen LogP contribution in [0.5, 0.6) is 11.5 Å². The molecule has 27 heavy (non-hydrogen) atoms. The second kappa shape index (κ2) is 9.79. The van der Waals surface area contributed by atoms with Crippen molar-refractivity contribution in [2.24, 2.45) is 0 Å². The Morgan fingerprint density at radius 3 is 1.26 bits per heavy atom. The number of hydrogen-bond acceptors (Lipinski definition) is 4. The van der Waals surface area contributed by atoms with Gasteiger partial charge in [0.05, 0.1) is 13.2 Å². The van der Waals surface area contributed by atoms with Gasteiger partial charge in [-0.25, -0.2) is 0 Å². The van der Waals surface area contributed by atoms with Crippen LogP contribution in [0.15, 0.2) is 36.4 Å². The van der Waals surface area contributed by atoms with Crippen LogP contribution in [0.2, 0.25) is 0 Å². The molecule has 0 saturated heterocycles. The first-order chi connectivity index (χ1) is 13.3. The van der Waals surface area contributed by atoms with Crippen molar-refractivity contribution in [2.45, 2.75) is 55.1 Å². The van der Waals surface area contributed by atoms with Gasteiger partial charge in [0.2, 0.25) is 0 Å². The van der Waals surface area contributed by atoms with E-state index in [-0.39, 0.29) is 0 Å².